The molecule has 148 valence electrons. The summed E-state index contributed by atoms with van der Waals surface area (Å²) < 4.78 is 16.7. The van der Waals surface area contributed by atoms with Crippen LogP contribution in [0.2, 0.25) is 0 Å². The van der Waals surface area contributed by atoms with Crippen molar-refractivity contribution in [2.24, 2.45) is 0 Å². The Hall–Kier alpha value is -2.95. The summed E-state index contributed by atoms with van der Waals surface area (Å²) >= 11 is 0. The number of ether oxygens (including phenoxy) is 2. The molecule has 5 nitrogen and oxygen atoms in total. The molecule has 0 radical (unpaired) electrons. The number of hydrogen-bond acceptors (Lipinski definition) is 4. The van der Waals surface area contributed by atoms with Gasteiger partial charge in [-0.15, -0.1) is 0 Å². The molecule has 0 aliphatic heterocycles. The third kappa shape index (κ3) is 4.66. The van der Waals surface area contributed by atoms with Gasteiger partial charge in [-0.1, -0.05) is 25.5 Å². The lowest BCUT2D eigenvalue weighted by Gasteiger charge is -2.07. The van der Waals surface area contributed by atoms with Crippen LogP contribution in [-0.2, 0) is 6.42 Å². The van der Waals surface area contributed by atoms with Crippen LogP contribution in [0.3, 0.4) is 0 Å². The SMILES string of the molecule is CCCCOc1ccc2oc(C)c(C(=O)NCCc3ccc(OC)cc3)c2c1. The second-order valence-corrected chi connectivity index (χ2v) is 6.75. The third-order valence-corrected chi connectivity index (χ3v) is 4.69. The molecule has 0 fully saturated rings. The smallest absolute Gasteiger partial charge is 0.255 e. The van der Waals surface area contributed by atoms with Crippen molar-refractivity contribution in [1.82, 2.24) is 5.32 Å². The number of rotatable bonds is 9. The van der Waals surface area contributed by atoms with Crippen LogP contribution < -0.4 is 14.8 Å². The van der Waals surface area contributed by atoms with Gasteiger partial charge >= 0.3 is 0 Å². The van der Waals surface area contributed by atoms with Crippen LogP contribution in [0.1, 0.15) is 41.4 Å². The van der Waals surface area contributed by atoms with Gasteiger partial charge in [0.15, 0.2) is 0 Å². The number of nitrogens with one attached hydrogen (secondary N) is 1. The molecule has 5 heteroatoms. The van der Waals surface area contributed by atoms with Crippen LogP contribution >= 0.6 is 0 Å². The fourth-order valence-corrected chi connectivity index (χ4v) is 3.11. The summed E-state index contributed by atoms with van der Waals surface area (Å²) in [7, 11) is 1.65. The summed E-state index contributed by atoms with van der Waals surface area (Å²) in [5.74, 6) is 2.07. The fraction of sp³-hybridized carbons (Fsp3) is 0.348. The Morgan fingerprint density at radius 2 is 1.86 bits per heavy atom. The zero-order valence-electron chi connectivity index (χ0n) is 16.7. The van der Waals surface area contributed by atoms with Crippen molar-refractivity contribution in [1.29, 1.82) is 0 Å². The first-order valence-electron chi connectivity index (χ1n) is 9.69. The molecule has 1 amide bonds. The quantitative estimate of drug-likeness (QED) is 0.536. The second kappa shape index (κ2) is 9.31. The highest BCUT2D eigenvalue weighted by Crippen LogP contribution is 2.29. The molecule has 0 saturated carbocycles. The number of furan rings is 1. The third-order valence-electron chi connectivity index (χ3n) is 4.69. The van der Waals surface area contributed by atoms with E-state index in [0.717, 1.165) is 41.7 Å². The summed E-state index contributed by atoms with van der Waals surface area (Å²) in [5, 5.41) is 3.78. The summed E-state index contributed by atoms with van der Waals surface area (Å²) in [6, 6.07) is 13.5. The van der Waals surface area contributed by atoms with Gasteiger partial charge in [0.05, 0.1) is 19.3 Å². The molecule has 0 spiro atoms. The summed E-state index contributed by atoms with van der Waals surface area (Å²) in [6.07, 6.45) is 2.83. The standard InChI is InChI=1S/C23H27NO4/c1-4-5-14-27-19-10-11-21-20(15-19)22(16(2)28-21)23(25)24-13-12-17-6-8-18(26-3)9-7-17/h6-11,15H,4-5,12-14H2,1-3H3,(H,24,25). The molecule has 0 atom stereocenters. The Labute approximate surface area is 165 Å². The number of methoxy groups -OCH3 is 1. The van der Waals surface area contributed by atoms with Crippen molar-refractivity contribution in [3.05, 3.63) is 59.4 Å². The Morgan fingerprint density at radius 1 is 1.11 bits per heavy atom. The topological polar surface area (TPSA) is 60.7 Å². The normalized spacial score (nSPS) is 10.8. The molecule has 28 heavy (non-hydrogen) atoms. The van der Waals surface area contributed by atoms with E-state index >= 15 is 0 Å². The van der Waals surface area contributed by atoms with Crippen molar-refractivity contribution in [3.63, 3.8) is 0 Å². The molecular weight excluding hydrogens is 354 g/mol. The van der Waals surface area contributed by atoms with Crippen LogP contribution in [0.15, 0.2) is 46.9 Å². The first-order chi connectivity index (χ1) is 13.6. The predicted octanol–water partition coefficient (Wildman–Crippen LogP) is 4.90. The van der Waals surface area contributed by atoms with E-state index in [-0.39, 0.29) is 5.91 Å². The van der Waals surface area contributed by atoms with E-state index in [2.05, 4.69) is 12.2 Å². The minimum Gasteiger partial charge on any atom is -0.497 e. The number of carbonyl (C=O) groups is 1. The van der Waals surface area contributed by atoms with Crippen molar-refractivity contribution in [2.75, 3.05) is 20.3 Å². The Bertz CT molecular complexity index is 928. The van der Waals surface area contributed by atoms with E-state index in [1.165, 1.54) is 0 Å². The van der Waals surface area contributed by atoms with Gasteiger partial charge in [0.1, 0.15) is 22.8 Å². The molecule has 1 aromatic heterocycles. The van der Waals surface area contributed by atoms with Gasteiger partial charge in [-0.25, -0.2) is 0 Å². The van der Waals surface area contributed by atoms with Crippen LogP contribution in [0.4, 0.5) is 0 Å². The highest BCUT2D eigenvalue weighted by atomic mass is 16.5. The summed E-state index contributed by atoms with van der Waals surface area (Å²) in [6.45, 7) is 5.16. The van der Waals surface area contributed by atoms with Crippen LogP contribution in [-0.4, -0.2) is 26.2 Å². The number of benzene rings is 2. The van der Waals surface area contributed by atoms with Crippen molar-refractivity contribution >= 4 is 16.9 Å². The highest BCUT2D eigenvalue weighted by molar-refractivity contribution is 6.07. The van der Waals surface area contributed by atoms with Gasteiger partial charge in [-0.2, -0.15) is 0 Å². The molecule has 0 aliphatic rings. The number of fused-ring (bicyclic) bond motifs is 1. The monoisotopic (exact) mass is 381 g/mol. The minimum atomic E-state index is -0.129. The average Bonchev–Trinajstić information content (AvgIpc) is 3.03. The Morgan fingerprint density at radius 3 is 2.57 bits per heavy atom. The molecule has 3 rings (SSSR count). The van der Waals surface area contributed by atoms with E-state index in [9.17, 15) is 4.79 Å². The van der Waals surface area contributed by atoms with Gasteiger partial charge in [0.2, 0.25) is 0 Å². The zero-order chi connectivity index (χ0) is 19.9. The van der Waals surface area contributed by atoms with Crippen LogP contribution in [0.25, 0.3) is 11.0 Å². The lowest BCUT2D eigenvalue weighted by atomic mass is 10.1. The van der Waals surface area contributed by atoms with Gasteiger partial charge in [-0.05, 0) is 55.7 Å². The number of hydrogen-bond donors (Lipinski definition) is 1. The summed E-state index contributed by atoms with van der Waals surface area (Å²) in [5.41, 5.74) is 2.41. The second-order valence-electron chi connectivity index (χ2n) is 6.75. The molecule has 0 aliphatic carbocycles. The fourth-order valence-electron chi connectivity index (χ4n) is 3.11. The molecule has 0 saturated heterocycles. The maximum absolute atomic E-state index is 12.8. The predicted molar refractivity (Wildman–Crippen MR) is 110 cm³/mol. The zero-order valence-corrected chi connectivity index (χ0v) is 16.7. The molecule has 1 N–H and O–H groups in total. The van der Waals surface area contributed by atoms with Crippen molar-refractivity contribution in [3.8, 4) is 11.5 Å². The minimum absolute atomic E-state index is 0.129. The van der Waals surface area contributed by atoms with Gasteiger partial charge in [-0.3, -0.25) is 4.79 Å². The van der Waals surface area contributed by atoms with Crippen LogP contribution in [0, 0.1) is 6.92 Å². The number of aryl methyl sites for hydroxylation is 1. The molecule has 2 aromatic carbocycles. The van der Waals surface area contributed by atoms with E-state index in [1.807, 2.05) is 49.4 Å². The van der Waals surface area contributed by atoms with Crippen molar-refractivity contribution < 1.29 is 18.7 Å². The summed E-state index contributed by atoms with van der Waals surface area (Å²) in [4.78, 5) is 12.8. The molecule has 1 heterocycles. The lowest BCUT2D eigenvalue weighted by Crippen LogP contribution is -2.26. The maximum atomic E-state index is 12.8. The molecular formula is C23H27NO4. The maximum Gasteiger partial charge on any atom is 0.255 e. The van der Waals surface area contributed by atoms with E-state index in [1.54, 1.807) is 7.11 Å². The highest BCUT2D eigenvalue weighted by Gasteiger charge is 2.18. The Balaban J connectivity index is 1.67. The molecule has 0 bridgehead atoms. The van der Waals surface area contributed by atoms with E-state index in [4.69, 9.17) is 13.9 Å². The number of amides is 1. The first kappa shape index (κ1) is 19.8. The average molecular weight is 381 g/mol. The van der Waals surface area contributed by atoms with Crippen molar-refractivity contribution in [2.45, 2.75) is 33.1 Å². The van der Waals surface area contributed by atoms with Gasteiger partial charge < -0.3 is 19.2 Å². The number of unbranched alkanes of at least 4 members (excludes halogenated alkanes) is 1. The Kier molecular flexibility index (Phi) is 6.58. The van der Waals surface area contributed by atoms with E-state index < -0.39 is 0 Å². The van der Waals surface area contributed by atoms with Gasteiger partial charge in [0, 0.05) is 11.9 Å². The lowest BCUT2D eigenvalue weighted by molar-refractivity contribution is 0.0954. The largest absolute Gasteiger partial charge is 0.497 e. The van der Waals surface area contributed by atoms with Gasteiger partial charge in [0.25, 0.3) is 5.91 Å². The number of carbonyl (C=O) groups excluding carboxylic acids is 1. The van der Waals surface area contributed by atoms with E-state index in [0.29, 0.717) is 30.1 Å². The molecule has 3 aromatic rings. The first-order valence-corrected chi connectivity index (χ1v) is 9.69. The molecule has 0 unspecified atom stereocenters. The van der Waals surface area contributed by atoms with Crippen LogP contribution in [0.5, 0.6) is 11.5 Å².